The quantitative estimate of drug-likeness (QED) is 0.358. The van der Waals surface area contributed by atoms with E-state index in [4.69, 9.17) is 14.2 Å². The number of hydrogen-bond acceptors (Lipinski definition) is 9. The lowest BCUT2D eigenvalue weighted by Crippen LogP contribution is -2.36. The zero-order valence-corrected chi connectivity index (χ0v) is 22.1. The molecule has 2 aliphatic heterocycles. The Morgan fingerprint density at radius 3 is 2.21 bits per heavy atom. The van der Waals surface area contributed by atoms with E-state index < -0.39 is 12.1 Å². The van der Waals surface area contributed by atoms with Crippen molar-refractivity contribution in [2.75, 3.05) is 41.4 Å². The minimum absolute atomic E-state index is 0.177. The summed E-state index contributed by atoms with van der Waals surface area (Å²) < 4.78 is 17.6. The fourth-order valence-electron chi connectivity index (χ4n) is 5.50. The maximum absolute atomic E-state index is 11.5. The smallest absolute Gasteiger partial charge is 0.201 e. The number of likely N-dealkylation sites (N-methyl/N-ethyl adjacent to an activating group) is 2. The highest BCUT2D eigenvalue weighted by molar-refractivity contribution is 5.63. The molecule has 0 unspecified atom stereocenters. The summed E-state index contributed by atoms with van der Waals surface area (Å²) >= 11 is 0. The van der Waals surface area contributed by atoms with Crippen LogP contribution in [0.1, 0.15) is 40.0 Å². The Hall–Kier alpha value is -3.66. The van der Waals surface area contributed by atoms with Gasteiger partial charge in [-0.1, -0.05) is 6.07 Å². The van der Waals surface area contributed by atoms with Gasteiger partial charge < -0.3 is 39.5 Å². The molecular formula is C29H34N2O7. The summed E-state index contributed by atoms with van der Waals surface area (Å²) in [6.45, 7) is 2.37. The third-order valence-electron chi connectivity index (χ3n) is 7.61. The summed E-state index contributed by atoms with van der Waals surface area (Å²) in [5, 5.41) is 42.7. The third kappa shape index (κ3) is 4.57. The number of benzene rings is 3. The van der Waals surface area contributed by atoms with Crippen molar-refractivity contribution in [1.29, 1.82) is 0 Å². The van der Waals surface area contributed by atoms with E-state index in [1.807, 2.05) is 24.1 Å². The minimum Gasteiger partial charge on any atom is -0.504 e. The van der Waals surface area contributed by atoms with Crippen LogP contribution in [0, 0.1) is 0 Å². The summed E-state index contributed by atoms with van der Waals surface area (Å²) in [7, 11) is 7.03. The van der Waals surface area contributed by atoms with Crippen molar-refractivity contribution in [1.82, 2.24) is 9.80 Å². The first-order chi connectivity index (χ1) is 18.2. The van der Waals surface area contributed by atoms with Crippen LogP contribution in [0.25, 0.3) is 0 Å². The highest BCUT2D eigenvalue weighted by atomic mass is 16.5. The zero-order chi connectivity index (χ0) is 27.1. The minimum atomic E-state index is -1.10. The molecule has 4 N–H and O–H groups in total. The monoisotopic (exact) mass is 522 g/mol. The molecule has 0 aliphatic carbocycles. The highest BCUT2D eigenvalue weighted by Crippen LogP contribution is 2.52. The highest BCUT2D eigenvalue weighted by Gasteiger charge is 2.37. The maximum atomic E-state index is 11.5. The number of fused-ring (bicyclic) bond motifs is 2. The predicted molar refractivity (Wildman–Crippen MR) is 142 cm³/mol. The average molecular weight is 523 g/mol. The predicted octanol–water partition coefficient (Wildman–Crippen LogP) is 3.86. The van der Waals surface area contributed by atoms with Crippen LogP contribution in [0.15, 0.2) is 36.4 Å². The Morgan fingerprint density at radius 1 is 0.816 bits per heavy atom. The molecule has 0 amide bonds. The molecule has 2 aliphatic rings. The summed E-state index contributed by atoms with van der Waals surface area (Å²) in [6.07, 6.45) is 0.454. The molecule has 9 heteroatoms. The Morgan fingerprint density at radius 2 is 1.50 bits per heavy atom. The molecule has 0 radical (unpaired) electrons. The number of hydrogen-bond donors (Lipinski definition) is 4. The van der Waals surface area contributed by atoms with Crippen LogP contribution >= 0.6 is 0 Å². The van der Waals surface area contributed by atoms with Crippen LogP contribution in [0.5, 0.6) is 40.2 Å². The fraction of sp³-hybridized carbons (Fsp3) is 0.379. The number of aromatic hydroxyl groups is 3. The lowest BCUT2D eigenvalue weighted by atomic mass is 9.85. The van der Waals surface area contributed by atoms with Gasteiger partial charge in [0.05, 0.1) is 26.4 Å². The standard InChI is InChI=1S/C29H34N2O7/c1-30-9-7-16-12-22(36-3)23(14-19(16)15-30)38-29-25-17(13-24(37-4)28(29)35)8-10-31(2)26(25)27(34)18-5-6-20(32)21(33)11-18/h5-6,11-14,26-27,32-35H,7-10,15H2,1-4H3/t26-,27+/m0/s1. The molecule has 5 rings (SSSR count). The summed E-state index contributed by atoms with van der Waals surface area (Å²) in [5.74, 6) is 0.693. The number of nitrogens with zero attached hydrogens (tertiary/aromatic N) is 2. The SMILES string of the molecule is COc1cc2c(cc1Oc1c(O)c(OC)cc3c1[C@@H]([C@H](O)c1ccc(O)c(O)c1)N(C)CC3)CN(C)CC2. The molecule has 0 aromatic heterocycles. The Bertz CT molecular complexity index is 1360. The number of rotatable bonds is 6. The molecule has 0 saturated heterocycles. The third-order valence-corrected chi connectivity index (χ3v) is 7.61. The second kappa shape index (κ2) is 10.2. The summed E-state index contributed by atoms with van der Waals surface area (Å²) in [6, 6.07) is 9.34. The second-order valence-electron chi connectivity index (χ2n) is 10.1. The van der Waals surface area contributed by atoms with Gasteiger partial charge in [-0.2, -0.15) is 0 Å². The van der Waals surface area contributed by atoms with Crippen LogP contribution in [0.4, 0.5) is 0 Å². The normalized spacial score (nSPS) is 18.4. The Labute approximate surface area is 222 Å². The van der Waals surface area contributed by atoms with Gasteiger partial charge in [-0.05, 0) is 79.5 Å². The van der Waals surface area contributed by atoms with E-state index in [9.17, 15) is 20.4 Å². The molecule has 0 bridgehead atoms. The van der Waals surface area contributed by atoms with E-state index in [2.05, 4.69) is 11.9 Å². The lowest BCUT2D eigenvalue weighted by molar-refractivity contribution is 0.0541. The first-order valence-corrected chi connectivity index (χ1v) is 12.6. The van der Waals surface area contributed by atoms with Gasteiger partial charge in [0, 0.05) is 25.2 Å². The van der Waals surface area contributed by atoms with Crippen molar-refractivity contribution in [3.8, 4) is 40.2 Å². The van der Waals surface area contributed by atoms with Crippen LogP contribution in [0.2, 0.25) is 0 Å². The van der Waals surface area contributed by atoms with Gasteiger partial charge in [0.1, 0.15) is 0 Å². The molecule has 202 valence electrons. The molecule has 0 saturated carbocycles. The molecule has 2 atom stereocenters. The first kappa shape index (κ1) is 26.0. The van der Waals surface area contributed by atoms with Gasteiger partial charge in [0.25, 0.3) is 0 Å². The van der Waals surface area contributed by atoms with Gasteiger partial charge in [-0.15, -0.1) is 0 Å². The molecule has 3 aromatic carbocycles. The number of ether oxygens (including phenoxy) is 3. The lowest BCUT2D eigenvalue weighted by Gasteiger charge is -2.39. The van der Waals surface area contributed by atoms with Gasteiger partial charge >= 0.3 is 0 Å². The van der Waals surface area contributed by atoms with Crippen LogP contribution in [-0.4, -0.2) is 71.6 Å². The zero-order valence-electron chi connectivity index (χ0n) is 22.1. The molecular weight excluding hydrogens is 488 g/mol. The van der Waals surface area contributed by atoms with Crippen molar-refractivity contribution in [3.63, 3.8) is 0 Å². The average Bonchev–Trinajstić information content (AvgIpc) is 2.90. The van der Waals surface area contributed by atoms with Gasteiger partial charge in [-0.3, -0.25) is 4.90 Å². The number of phenols is 3. The van der Waals surface area contributed by atoms with Gasteiger partial charge in [0.15, 0.2) is 34.5 Å². The Kier molecular flexibility index (Phi) is 7.00. The number of phenolic OH excluding ortho intramolecular Hbond substituents is 3. The second-order valence-corrected chi connectivity index (χ2v) is 10.1. The van der Waals surface area contributed by atoms with Crippen molar-refractivity contribution < 1.29 is 34.6 Å². The summed E-state index contributed by atoms with van der Waals surface area (Å²) in [4.78, 5) is 4.21. The van der Waals surface area contributed by atoms with Crippen molar-refractivity contribution in [2.24, 2.45) is 0 Å². The van der Waals surface area contributed by atoms with Crippen LogP contribution < -0.4 is 14.2 Å². The van der Waals surface area contributed by atoms with Crippen molar-refractivity contribution in [2.45, 2.75) is 31.5 Å². The van der Waals surface area contributed by atoms with E-state index >= 15 is 0 Å². The van der Waals surface area contributed by atoms with Gasteiger partial charge in [0.2, 0.25) is 5.75 Å². The van der Waals surface area contributed by atoms with E-state index in [1.54, 1.807) is 19.2 Å². The molecule has 0 fully saturated rings. The van der Waals surface area contributed by atoms with Crippen LogP contribution in [0.3, 0.4) is 0 Å². The number of methoxy groups -OCH3 is 2. The van der Waals surface area contributed by atoms with Crippen LogP contribution in [-0.2, 0) is 19.4 Å². The van der Waals surface area contributed by atoms with E-state index in [0.29, 0.717) is 35.6 Å². The molecule has 0 spiro atoms. The van der Waals surface area contributed by atoms with Gasteiger partial charge in [-0.25, -0.2) is 0 Å². The molecule has 2 heterocycles. The summed E-state index contributed by atoms with van der Waals surface area (Å²) in [5.41, 5.74) is 4.23. The van der Waals surface area contributed by atoms with E-state index in [-0.39, 0.29) is 28.7 Å². The van der Waals surface area contributed by atoms with Crippen molar-refractivity contribution >= 4 is 0 Å². The molecule has 9 nitrogen and oxygen atoms in total. The fourth-order valence-corrected chi connectivity index (χ4v) is 5.50. The van der Waals surface area contributed by atoms with E-state index in [1.165, 1.54) is 24.8 Å². The topological polar surface area (TPSA) is 115 Å². The Balaban J connectivity index is 1.65. The number of aliphatic hydroxyl groups excluding tert-OH is 1. The largest absolute Gasteiger partial charge is 0.504 e. The molecule has 3 aromatic rings. The maximum Gasteiger partial charge on any atom is 0.201 e. The van der Waals surface area contributed by atoms with E-state index in [0.717, 1.165) is 30.6 Å². The molecule has 38 heavy (non-hydrogen) atoms. The number of aliphatic hydroxyl groups is 1. The van der Waals surface area contributed by atoms with Crippen molar-refractivity contribution in [3.05, 3.63) is 64.2 Å². The first-order valence-electron chi connectivity index (χ1n) is 12.6.